The molecule has 0 aliphatic rings. The number of benzene rings is 3. The van der Waals surface area contributed by atoms with E-state index < -0.39 is 27.2 Å². The molecule has 5 rings (SSSR count). The summed E-state index contributed by atoms with van der Waals surface area (Å²) in [5.41, 5.74) is -1.01. The smallest absolute Gasteiger partial charge is 0.344 e. The fourth-order valence-corrected chi connectivity index (χ4v) is 6.37. The number of amides is 1. The summed E-state index contributed by atoms with van der Waals surface area (Å²) in [5, 5.41) is 3.20. The van der Waals surface area contributed by atoms with Gasteiger partial charge in [-0.1, -0.05) is 48.0 Å². The van der Waals surface area contributed by atoms with Crippen LogP contribution in [-0.2, 0) is 26.8 Å². The second-order valence-corrected chi connectivity index (χ2v) is 11.7. The molecule has 0 bridgehead atoms. The molecule has 2 aromatic heterocycles. The normalized spacial score (nSPS) is 13.0. The molecule has 0 fully saturated rings. The average Bonchev–Trinajstić information content (AvgIpc) is 3.29. The van der Waals surface area contributed by atoms with Crippen molar-refractivity contribution in [2.75, 3.05) is 13.7 Å². The molecular weight excluding hydrogens is 564 g/mol. The third kappa shape index (κ3) is 5.12. The molecule has 11 heteroatoms. The minimum atomic E-state index is -4.39. The Morgan fingerprint density at radius 1 is 0.976 bits per heavy atom. The Morgan fingerprint density at radius 2 is 1.68 bits per heavy atom. The fraction of sp³-hybridized carbons (Fsp3) is 0.167. The summed E-state index contributed by atoms with van der Waals surface area (Å²) in [7, 11) is -2.92. The summed E-state index contributed by atoms with van der Waals surface area (Å²) in [6.07, 6.45) is 2.14. The molecular formula is C30H27ClN4O5S. The van der Waals surface area contributed by atoms with E-state index >= 15 is 0 Å². The van der Waals surface area contributed by atoms with Gasteiger partial charge in [0.05, 0.1) is 23.0 Å². The summed E-state index contributed by atoms with van der Waals surface area (Å²) in [6.45, 7) is 1.83. The fourth-order valence-electron chi connectivity index (χ4n) is 4.81. The van der Waals surface area contributed by atoms with Crippen molar-refractivity contribution in [3.8, 4) is 5.75 Å². The number of methoxy groups -OCH3 is 1. The maximum Gasteiger partial charge on any atom is 0.344 e. The predicted octanol–water partition coefficient (Wildman–Crippen LogP) is 4.22. The van der Waals surface area contributed by atoms with Crippen molar-refractivity contribution in [1.29, 1.82) is 0 Å². The lowest BCUT2D eigenvalue weighted by Crippen LogP contribution is -2.52. The molecule has 2 heterocycles. The van der Waals surface area contributed by atoms with E-state index in [0.717, 1.165) is 5.69 Å². The van der Waals surface area contributed by atoms with Crippen molar-refractivity contribution in [3.05, 3.63) is 124 Å². The molecule has 0 radical (unpaired) electrons. The van der Waals surface area contributed by atoms with Gasteiger partial charge in [-0.2, -0.15) is 3.97 Å². The van der Waals surface area contributed by atoms with E-state index in [0.29, 0.717) is 21.7 Å². The molecule has 0 spiro atoms. The third-order valence-corrected chi connectivity index (χ3v) is 8.91. The lowest BCUT2D eigenvalue weighted by Gasteiger charge is -2.30. The van der Waals surface area contributed by atoms with E-state index in [2.05, 4.69) is 10.3 Å². The van der Waals surface area contributed by atoms with Gasteiger partial charge in [0.1, 0.15) is 5.75 Å². The molecule has 1 unspecified atom stereocenters. The van der Waals surface area contributed by atoms with Crippen molar-refractivity contribution < 1.29 is 17.9 Å². The van der Waals surface area contributed by atoms with Gasteiger partial charge >= 0.3 is 5.69 Å². The van der Waals surface area contributed by atoms with Gasteiger partial charge in [0.25, 0.3) is 15.9 Å². The quantitative estimate of drug-likeness (QED) is 0.275. The molecule has 0 aliphatic carbocycles. The number of carbonyl (C=O) groups is 1. The summed E-state index contributed by atoms with van der Waals surface area (Å²) in [6, 6.07) is 24.4. The Bertz CT molecular complexity index is 1870. The largest absolute Gasteiger partial charge is 0.497 e. The Kier molecular flexibility index (Phi) is 7.70. The summed E-state index contributed by atoms with van der Waals surface area (Å²) in [5.74, 6) is -0.0351. The van der Waals surface area contributed by atoms with Crippen molar-refractivity contribution in [2.45, 2.75) is 23.8 Å². The van der Waals surface area contributed by atoms with Crippen molar-refractivity contribution in [1.82, 2.24) is 18.8 Å². The van der Waals surface area contributed by atoms with Crippen LogP contribution in [0.25, 0.3) is 11.0 Å². The molecule has 1 atom stereocenters. The number of carbonyl (C=O) groups excluding carboxylic acids is 1. The number of imidazole rings is 1. The Balaban J connectivity index is 1.69. The lowest BCUT2D eigenvalue weighted by molar-refractivity contribution is -0.127. The highest BCUT2D eigenvalue weighted by atomic mass is 35.5. The molecule has 0 aliphatic heterocycles. The Hall–Kier alpha value is -4.41. The number of aromatic nitrogens is 3. The molecule has 210 valence electrons. The number of nitrogens with zero attached hydrogens (tertiary/aromatic N) is 3. The second-order valence-electron chi connectivity index (χ2n) is 9.46. The molecule has 9 nitrogen and oxygen atoms in total. The maximum atomic E-state index is 14.3. The number of ether oxygens (including phenoxy) is 1. The van der Waals surface area contributed by atoms with Gasteiger partial charge in [0.15, 0.2) is 5.54 Å². The zero-order valence-electron chi connectivity index (χ0n) is 22.3. The molecule has 3 aromatic carbocycles. The molecule has 0 saturated heterocycles. The van der Waals surface area contributed by atoms with Crippen LogP contribution >= 0.6 is 11.6 Å². The van der Waals surface area contributed by atoms with E-state index in [-0.39, 0.29) is 27.5 Å². The van der Waals surface area contributed by atoms with Crippen LogP contribution in [0, 0.1) is 0 Å². The lowest BCUT2D eigenvalue weighted by atomic mass is 9.90. The highest BCUT2D eigenvalue weighted by molar-refractivity contribution is 7.90. The second kappa shape index (κ2) is 11.2. The van der Waals surface area contributed by atoms with Gasteiger partial charge in [0, 0.05) is 29.9 Å². The monoisotopic (exact) mass is 590 g/mol. The van der Waals surface area contributed by atoms with Gasteiger partial charge in [-0.25, -0.2) is 13.2 Å². The SMILES string of the molecule is COc1ccc(S(=O)(=O)n2c(=O)n(C(C)(C(=O)NCCc3ccccn3)c3ccccc3)c3cc(Cl)ccc32)cc1. The van der Waals surface area contributed by atoms with Crippen LogP contribution in [0.4, 0.5) is 0 Å². The summed E-state index contributed by atoms with van der Waals surface area (Å²) >= 11 is 6.35. The van der Waals surface area contributed by atoms with Crippen LogP contribution in [0.3, 0.4) is 0 Å². The number of fused-ring (bicyclic) bond motifs is 1. The predicted molar refractivity (Wildman–Crippen MR) is 157 cm³/mol. The first-order valence-electron chi connectivity index (χ1n) is 12.7. The molecule has 0 saturated carbocycles. The van der Waals surface area contributed by atoms with Gasteiger partial charge in [-0.15, -0.1) is 0 Å². The maximum absolute atomic E-state index is 14.3. The van der Waals surface area contributed by atoms with Crippen LogP contribution < -0.4 is 15.7 Å². The first kappa shape index (κ1) is 28.1. The third-order valence-electron chi connectivity index (χ3n) is 6.98. The number of nitrogens with one attached hydrogen (secondary N) is 1. The minimum absolute atomic E-state index is 0.0821. The van der Waals surface area contributed by atoms with Gasteiger partial charge in [-0.05, 0) is 67.1 Å². The number of pyridine rings is 1. The van der Waals surface area contributed by atoms with Crippen LogP contribution in [-0.4, -0.2) is 41.5 Å². The van der Waals surface area contributed by atoms with Crippen molar-refractivity contribution in [3.63, 3.8) is 0 Å². The van der Waals surface area contributed by atoms with Gasteiger partial charge in [0.2, 0.25) is 0 Å². The molecule has 1 amide bonds. The summed E-state index contributed by atoms with van der Waals surface area (Å²) < 4.78 is 34.8. The number of hydrogen-bond donors (Lipinski definition) is 1. The van der Waals surface area contributed by atoms with E-state index in [9.17, 15) is 18.0 Å². The number of rotatable bonds is 9. The van der Waals surface area contributed by atoms with E-state index in [1.54, 1.807) is 43.5 Å². The molecule has 5 aromatic rings. The molecule has 1 N–H and O–H groups in total. The van der Waals surface area contributed by atoms with Crippen LogP contribution in [0.5, 0.6) is 5.75 Å². The van der Waals surface area contributed by atoms with E-state index in [4.69, 9.17) is 16.3 Å². The van der Waals surface area contributed by atoms with Crippen molar-refractivity contribution >= 4 is 38.6 Å². The Morgan fingerprint density at radius 3 is 2.34 bits per heavy atom. The topological polar surface area (TPSA) is 112 Å². The summed E-state index contributed by atoms with van der Waals surface area (Å²) in [4.78, 5) is 32.5. The van der Waals surface area contributed by atoms with E-state index in [1.165, 1.54) is 54.1 Å². The van der Waals surface area contributed by atoms with Gasteiger partial charge in [-0.3, -0.25) is 14.3 Å². The Labute approximate surface area is 242 Å². The van der Waals surface area contributed by atoms with Gasteiger partial charge < -0.3 is 10.1 Å². The minimum Gasteiger partial charge on any atom is -0.497 e. The van der Waals surface area contributed by atoms with Crippen molar-refractivity contribution in [2.24, 2.45) is 0 Å². The van der Waals surface area contributed by atoms with E-state index in [1.807, 2.05) is 18.2 Å². The number of hydrogen-bond acceptors (Lipinski definition) is 6. The average molecular weight is 591 g/mol. The first-order valence-corrected chi connectivity index (χ1v) is 14.6. The standard InChI is InChI=1S/C30H27ClN4O5S/c1-30(21-8-4-3-5-9-21,28(36)33-19-17-23-10-6-7-18-32-23)34-27-20-22(31)11-16-26(27)35(29(34)37)41(38,39)25-14-12-24(40-2)13-15-25/h3-16,18,20H,17,19H2,1-2H3,(H,33,36). The highest BCUT2D eigenvalue weighted by Gasteiger charge is 2.42. The van der Waals surface area contributed by atoms with Crippen LogP contribution in [0.1, 0.15) is 18.2 Å². The zero-order chi connectivity index (χ0) is 29.2. The molecule has 41 heavy (non-hydrogen) atoms. The highest BCUT2D eigenvalue weighted by Crippen LogP contribution is 2.32. The first-order chi connectivity index (χ1) is 19.7. The zero-order valence-corrected chi connectivity index (χ0v) is 23.9. The van der Waals surface area contributed by atoms with Crippen LogP contribution in [0.2, 0.25) is 5.02 Å². The van der Waals surface area contributed by atoms with Crippen LogP contribution in [0.15, 0.2) is 107 Å². The number of halogens is 1.